The maximum Gasteiger partial charge on any atom is 0.227 e. The van der Waals surface area contributed by atoms with E-state index in [-0.39, 0.29) is 22.9 Å². The van der Waals surface area contributed by atoms with Crippen LogP contribution in [0.5, 0.6) is 0 Å². The number of H-pyrrole nitrogens is 2. The van der Waals surface area contributed by atoms with Gasteiger partial charge < -0.3 is 10.3 Å². The first-order valence-electron chi connectivity index (χ1n) is 13.2. The summed E-state index contributed by atoms with van der Waals surface area (Å²) in [6.45, 7) is 0. The van der Waals surface area contributed by atoms with E-state index < -0.39 is 5.82 Å². The molecule has 7 rings (SSSR count). The minimum Gasteiger partial charge on any atom is -0.335 e. The zero-order valence-corrected chi connectivity index (χ0v) is 21.4. The fourth-order valence-electron chi connectivity index (χ4n) is 5.38. The molecule has 0 aromatic carbocycles. The second-order valence-corrected chi connectivity index (χ2v) is 9.95. The Morgan fingerprint density at radius 1 is 0.950 bits per heavy atom. The van der Waals surface area contributed by atoms with Gasteiger partial charge in [-0.05, 0) is 31.0 Å². The quantitative estimate of drug-likeness (QED) is 0.259. The van der Waals surface area contributed by atoms with Crippen LogP contribution in [0.4, 0.5) is 10.1 Å². The molecule has 1 fully saturated rings. The van der Waals surface area contributed by atoms with Gasteiger partial charge in [0, 0.05) is 47.4 Å². The van der Waals surface area contributed by atoms with Gasteiger partial charge in [-0.25, -0.2) is 14.4 Å². The van der Waals surface area contributed by atoms with Gasteiger partial charge in [0.2, 0.25) is 5.91 Å². The van der Waals surface area contributed by atoms with Crippen LogP contribution in [0.2, 0.25) is 0 Å². The van der Waals surface area contributed by atoms with Crippen LogP contribution in [0.3, 0.4) is 0 Å². The highest BCUT2D eigenvalue weighted by molar-refractivity contribution is 5.97. The van der Waals surface area contributed by atoms with E-state index >= 15 is 4.39 Å². The van der Waals surface area contributed by atoms with Gasteiger partial charge in [0.25, 0.3) is 0 Å². The van der Waals surface area contributed by atoms with Crippen molar-refractivity contribution in [2.75, 3.05) is 5.32 Å². The van der Waals surface area contributed by atoms with Gasteiger partial charge >= 0.3 is 0 Å². The number of nitrogens with one attached hydrogen (secondary N) is 3. The highest BCUT2D eigenvalue weighted by Crippen LogP contribution is 2.34. The van der Waals surface area contributed by atoms with Crippen LogP contribution >= 0.6 is 0 Å². The highest BCUT2D eigenvalue weighted by atomic mass is 19.1. The Morgan fingerprint density at radius 3 is 2.67 bits per heavy atom. The van der Waals surface area contributed by atoms with Crippen LogP contribution in [-0.2, 0) is 4.79 Å². The van der Waals surface area contributed by atoms with Crippen LogP contribution in [0.15, 0.2) is 61.4 Å². The largest absolute Gasteiger partial charge is 0.335 e. The van der Waals surface area contributed by atoms with E-state index in [9.17, 15) is 4.79 Å². The van der Waals surface area contributed by atoms with Crippen LogP contribution in [-0.4, -0.2) is 46.0 Å². The SMILES string of the molecule is O=C(Nc1cncc(-c2ncc3[nH]nc(-c4nc5nccc(-c6cccnc6)c5[nH]4)c3c2F)c1)C1CCCCC1. The van der Waals surface area contributed by atoms with Gasteiger partial charge in [0.05, 0.1) is 34.5 Å². The number of carbonyl (C=O) groups is 1. The molecule has 0 bridgehead atoms. The van der Waals surface area contributed by atoms with E-state index in [1.165, 1.54) is 18.8 Å². The van der Waals surface area contributed by atoms with Crippen molar-refractivity contribution in [1.29, 1.82) is 0 Å². The van der Waals surface area contributed by atoms with Crippen LogP contribution in [0, 0.1) is 11.7 Å². The van der Waals surface area contributed by atoms with Crippen LogP contribution < -0.4 is 5.32 Å². The molecule has 1 amide bonds. The molecule has 0 saturated heterocycles. The number of rotatable bonds is 5. The molecular weight excluding hydrogens is 509 g/mol. The first-order chi connectivity index (χ1) is 19.7. The first kappa shape index (κ1) is 24.0. The van der Waals surface area contributed by atoms with Gasteiger partial charge in [-0.3, -0.25) is 24.8 Å². The summed E-state index contributed by atoms with van der Waals surface area (Å²) in [5.74, 6) is -0.231. The van der Waals surface area contributed by atoms with Crippen molar-refractivity contribution in [3.05, 3.63) is 67.3 Å². The summed E-state index contributed by atoms with van der Waals surface area (Å²) in [6, 6.07) is 7.37. The summed E-state index contributed by atoms with van der Waals surface area (Å²) in [7, 11) is 0. The zero-order chi connectivity index (χ0) is 27.1. The summed E-state index contributed by atoms with van der Waals surface area (Å²) in [4.78, 5) is 37.8. The number of anilines is 1. The molecule has 0 spiro atoms. The van der Waals surface area contributed by atoms with Crippen LogP contribution in [0.1, 0.15) is 32.1 Å². The number of aromatic nitrogens is 8. The summed E-state index contributed by atoms with van der Waals surface area (Å²) in [5, 5.41) is 10.4. The molecule has 10 nitrogen and oxygen atoms in total. The van der Waals surface area contributed by atoms with Crippen molar-refractivity contribution in [2.45, 2.75) is 32.1 Å². The minimum absolute atomic E-state index is 0.00549. The lowest BCUT2D eigenvalue weighted by molar-refractivity contribution is -0.120. The number of nitrogens with zero attached hydrogens (tertiary/aromatic N) is 6. The molecule has 0 radical (unpaired) electrons. The molecule has 1 saturated carbocycles. The Balaban J connectivity index is 1.26. The third kappa shape index (κ3) is 4.25. The van der Waals surface area contributed by atoms with Crippen LogP contribution in [0.25, 0.3) is 56.0 Å². The summed E-state index contributed by atoms with van der Waals surface area (Å²) < 4.78 is 16.1. The molecule has 6 aromatic rings. The minimum atomic E-state index is -0.570. The topological polar surface area (TPSA) is 138 Å². The highest BCUT2D eigenvalue weighted by Gasteiger charge is 2.23. The number of hydrogen-bond donors (Lipinski definition) is 3. The van der Waals surface area contributed by atoms with Crippen molar-refractivity contribution < 1.29 is 9.18 Å². The third-order valence-corrected chi connectivity index (χ3v) is 7.39. The Bertz CT molecular complexity index is 1860. The Kier molecular flexibility index (Phi) is 5.95. The average Bonchev–Trinajstić information content (AvgIpc) is 3.63. The summed E-state index contributed by atoms with van der Waals surface area (Å²) in [6.07, 6.45) is 14.8. The predicted octanol–water partition coefficient (Wildman–Crippen LogP) is 5.68. The van der Waals surface area contributed by atoms with E-state index in [1.807, 2.05) is 18.2 Å². The molecule has 0 unspecified atom stereocenters. The molecule has 6 aromatic heterocycles. The number of amides is 1. The Hall–Kier alpha value is -5.06. The number of fused-ring (bicyclic) bond motifs is 2. The van der Waals surface area contributed by atoms with Crippen molar-refractivity contribution in [1.82, 2.24) is 40.1 Å². The number of hydrogen-bond acceptors (Lipinski definition) is 7. The van der Waals surface area contributed by atoms with Crippen molar-refractivity contribution in [3.63, 3.8) is 0 Å². The normalized spacial score (nSPS) is 14.1. The lowest BCUT2D eigenvalue weighted by Crippen LogP contribution is -2.24. The summed E-state index contributed by atoms with van der Waals surface area (Å²) in [5.41, 5.74) is 4.73. The number of carbonyl (C=O) groups excluding carboxylic acids is 1. The van der Waals surface area contributed by atoms with E-state index in [1.54, 1.807) is 30.9 Å². The first-order valence-corrected chi connectivity index (χ1v) is 13.2. The molecule has 40 heavy (non-hydrogen) atoms. The molecule has 0 atom stereocenters. The average molecular weight is 534 g/mol. The lowest BCUT2D eigenvalue weighted by atomic mass is 9.88. The molecule has 198 valence electrons. The molecule has 1 aliphatic carbocycles. The van der Waals surface area contributed by atoms with Gasteiger partial charge in [-0.1, -0.05) is 25.3 Å². The Morgan fingerprint density at radius 2 is 1.82 bits per heavy atom. The molecular formula is C29H24FN9O. The Labute approximate surface area is 227 Å². The second kappa shape index (κ2) is 9.92. The number of halogens is 1. The lowest BCUT2D eigenvalue weighted by Gasteiger charge is -2.20. The zero-order valence-electron chi connectivity index (χ0n) is 21.4. The van der Waals surface area contributed by atoms with Gasteiger partial charge in [0.1, 0.15) is 11.4 Å². The number of aromatic amines is 2. The van der Waals surface area contributed by atoms with Gasteiger partial charge in [-0.15, -0.1) is 0 Å². The van der Waals surface area contributed by atoms with E-state index in [4.69, 9.17) is 0 Å². The van der Waals surface area contributed by atoms with Gasteiger partial charge in [-0.2, -0.15) is 5.10 Å². The van der Waals surface area contributed by atoms with E-state index in [2.05, 4.69) is 45.4 Å². The molecule has 6 heterocycles. The van der Waals surface area contributed by atoms with E-state index in [0.29, 0.717) is 39.4 Å². The fourth-order valence-corrected chi connectivity index (χ4v) is 5.38. The van der Waals surface area contributed by atoms with Crippen molar-refractivity contribution >= 4 is 33.7 Å². The summed E-state index contributed by atoms with van der Waals surface area (Å²) >= 11 is 0. The maximum absolute atomic E-state index is 16.1. The monoisotopic (exact) mass is 533 g/mol. The maximum atomic E-state index is 16.1. The number of pyridine rings is 4. The number of imidazole rings is 1. The van der Waals surface area contributed by atoms with E-state index in [0.717, 1.165) is 36.8 Å². The van der Waals surface area contributed by atoms with Gasteiger partial charge in [0.15, 0.2) is 17.3 Å². The van der Waals surface area contributed by atoms with Crippen molar-refractivity contribution in [3.8, 4) is 33.9 Å². The third-order valence-electron chi connectivity index (χ3n) is 7.39. The predicted molar refractivity (Wildman–Crippen MR) is 148 cm³/mol. The van der Waals surface area contributed by atoms with Crippen molar-refractivity contribution in [2.24, 2.45) is 5.92 Å². The second-order valence-electron chi connectivity index (χ2n) is 9.95. The smallest absolute Gasteiger partial charge is 0.227 e. The molecule has 11 heteroatoms. The molecule has 1 aliphatic rings. The fraction of sp³-hybridized carbons (Fsp3) is 0.207. The standard InChI is InChI=1S/C29H24FN9O/c30-23-22-21(15-34-24(23)18-11-19(14-32-13-18)35-29(40)16-5-2-1-3-6-16)38-39-26(22)28-36-25-20(8-10-33-27(25)37-28)17-7-4-9-31-12-17/h4,7-16H,1-3,5-6H2,(H,35,40)(H,38,39)(H,33,36,37). The molecule has 0 aliphatic heterocycles. The molecule has 3 N–H and O–H groups in total.